The van der Waals surface area contributed by atoms with Gasteiger partial charge < -0.3 is 8.85 Å². The summed E-state index contributed by atoms with van der Waals surface area (Å²) in [7, 11) is -1.54. The molecule has 0 radical (unpaired) electrons. The van der Waals surface area contributed by atoms with Crippen molar-refractivity contribution in [2.45, 2.75) is 32.2 Å². The summed E-state index contributed by atoms with van der Waals surface area (Å²) in [5.41, 5.74) is 2.74. The Hall–Kier alpha value is -1.42. The first kappa shape index (κ1) is 16.9. The van der Waals surface area contributed by atoms with E-state index in [4.69, 9.17) is 8.85 Å². The van der Waals surface area contributed by atoms with E-state index in [0.29, 0.717) is 5.92 Å². The second kappa shape index (κ2) is 9.56. The molecule has 0 aliphatic rings. The molecule has 2 nitrogen and oxygen atoms in total. The number of benzene rings is 2. The summed E-state index contributed by atoms with van der Waals surface area (Å²) in [4.78, 5) is 0. The summed E-state index contributed by atoms with van der Waals surface area (Å²) in [5, 5.41) is 0. The molecule has 0 saturated carbocycles. The van der Waals surface area contributed by atoms with E-state index in [1.54, 1.807) is 0 Å². The fourth-order valence-electron chi connectivity index (χ4n) is 2.79. The first-order valence-electron chi connectivity index (χ1n) is 8.18. The first-order valence-corrected chi connectivity index (χ1v) is 9.94. The molecular weight excluding hydrogens is 288 g/mol. The lowest BCUT2D eigenvalue weighted by atomic mass is 9.89. The molecule has 3 heteroatoms. The Bertz CT molecular complexity index is 470. The van der Waals surface area contributed by atoms with E-state index < -0.39 is 9.28 Å². The van der Waals surface area contributed by atoms with Crippen molar-refractivity contribution in [1.82, 2.24) is 0 Å². The molecule has 0 aromatic heterocycles. The molecule has 0 heterocycles. The predicted molar refractivity (Wildman–Crippen MR) is 94.6 cm³/mol. The Morgan fingerprint density at radius 3 is 1.64 bits per heavy atom. The summed E-state index contributed by atoms with van der Waals surface area (Å²) in [6, 6.07) is 22.5. The molecule has 2 rings (SSSR count). The molecule has 2 aromatic carbocycles. The average molecular weight is 315 g/mol. The van der Waals surface area contributed by atoms with Gasteiger partial charge in [0, 0.05) is 19.1 Å². The highest BCUT2D eigenvalue weighted by Crippen LogP contribution is 2.30. The largest absolute Gasteiger partial charge is 0.397 e. The van der Waals surface area contributed by atoms with Gasteiger partial charge in [0.1, 0.15) is 0 Å². The van der Waals surface area contributed by atoms with Gasteiger partial charge in [-0.3, -0.25) is 0 Å². The molecule has 0 aliphatic heterocycles. The third kappa shape index (κ3) is 5.09. The topological polar surface area (TPSA) is 18.5 Å². The molecule has 0 fully saturated rings. The fourth-order valence-corrected chi connectivity index (χ4v) is 4.56. The molecule has 2 aromatic rings. The summed E-state index contributed by atoms with van der Waals surface area (Å²) in [5.74, 6) is 0.415. The summed E-state index contributed by atoms with van der Waals surface area (Å²) in [6.45, 7) is 5.59. The van der Waals surface area contributed by atoms with Crippen molar-refractivity contribution in [2.75, 3.05) is 13.2 Å². The maximum atomic E-state index is 5.82. The van der Waals surface area contributed by atoms with Gasteiger partial charge in [-0.15, -0.1) is 0 Å². The standard InChI is InChI=1S/C19H26O2Si/c1-3-20-22(21-4-2)16-15-19(17-11-7-5-8-12-17)18-13-9-6-10-14-18/h5-14,19,22H,3-4,15-16H2,1-2H3. The van der Waals surface area contributed by atoms with Gasteiger partial charge in [0.25, 0.3) is 0 Å². The van der Waals surface area contributed by atoms with E-state index in [1.165, 1.54) is 11.1 Å². The Morgan fingerprint density at radius 2 is 1.23 bits per heavy atom. The summed E-state index contributed by atoms with van der Waals surface area (Å²) >= 11 is 0. The molecule has 0 N–H and O–H groups in total. The minimum atomic E-state index is -1.54. The molecular formula is C19H26O2Si. The molecule has 0 atom stereocenters. The predicted octanol–water partition coefficient (Wildman–Crippen LogP) is 4.50. The zero-order chi connectivity index (χ0) is 15.6. The Morgan fingerprint density at radius 1 is 0.773 bits per heavy atom. The van der Waals surface area contributed by atoms with E-state index in [1.807, 2.05) is 13.8 Å². The van der Waals surface area contributed by atoms with Gasteiger partial charge in [-0.1, -0.05) is 60.7 Å². The first-order chi connectivity index (χ1) is 10.8. The molecule has 0 unspecified atom stereocenters. The van der Waals surface area contributed by atoms with Crippen molar-refractivity contribution in [2.24, 2.45) is 0 Å². The van der Waals surface area contributed by atoms with Crippen LogP contribution in [0.3, 0.4) is 0 Å². The van der Waals surface area contributed by atoms with Crippen LogP contribution in [0.5, 0.6) is 0 Å². The van der Waals surface area contributed by atoms with Crippen LogP contribution in [0.1, 0.15) is 37.3 Å². The lowest BCUT2D eigenvalue weighted by molar-refractivity contribution is 0.212. The van der Waals surface area contributed by atoms with Crippen molar-refractivity contribution in [3.63, 3.8) is 0 Å². The number of hydrogen-bond donors (Lipinski definition) is 0. The fraction of sp³-hybridized carbons (Fsp3) is 0.368. The number of hydrogen-bond acceptors (Lipinski definition) is 2. The van der Waals surface area contributed by atoms with Gasteiger partial charge in [0.15, 0.2) is 0 Å². The highest BCUT2D eigenvalue weighted by molar-refractivity contribution is 6.44. The number of rotatable bonds is 9. The Kier molecular flexibility index (Phi) is 7.36. The van der Waals surface area contributed by atoms with Gasteiger partial charge in [0.2, 0.25) is 0 Å². The minimum Gasteiger partial charge on any atom is -0.397 e. The van der Waals surface area contributed by atoms with Gasteiger partial charge in [0.05, 0.1) is 0 Å². The molecule has 22 heavy (non-hydrogen) atoms. The maximum absolute atomic E-state index is 5.82. The maximum Gasteiger partial charge on any atom is 0.321 e. The van der Waals surface area contributed by atoms with Gasteiger partial charge in [-0.25, -0.2) is 0 Å². The van der Waals surface area contributed by atoms with Crippen molar-refractivity contribution in [3.8, 4) is 0 Å². The van der Waals surface area contributed by atoms with Crippen LogP contribution in [0, 0.1) is 0 Å². The Labute approximate surface area is 135 Å². The van der Waals surface area contributed by atoms with Crippen LogP contribution in [-0.2, 0) is 8.85 Å². The van der Waals surface area contributed by atoms with Crippen LogP contribution < -0.4 is 0 Å². The quantitative estimate of drug-likeness (QED) is 0.634. The average Bonchev–Trinajstić information content (AvgIpc) is 2.57. The molecule has 0 aliphatic carbocycles. The van der Waals surface area contributed by atoms with Crippen LogP contribution in [-0.4, -0.2) is 22.5 Å². The van der Waals surface area contributed by atoms with Crippen LogP contribution in [0.25, 0.3) is 0 Å². The molecule has 118 valence electrons. The summed E-state index contributed by atoms with van der Waals surface area (Å²) in [6.07, 6.45) is 1.07. The van der Waals surface area contributed by atoms with Gasteiger partial charge in [-0.05, 0) is 37.4 Å². The molecule has 0 amide bonds. The molecule has 0 spiro atoms. The highest BCUT2D eigenvalue weighted by Gasteiger charge is 2.19. The highest BCUT2D eigenvalue weighted by atomic mass is 28.3. The monoisotopic (exact) mass is 314 g/mol. The van der Waals surface area contributed by atoms with Crippen molar-refractivity contribution in [1.29, 1.82) is 0 Å². The Balaban J connectivity index is 2.12. The zero-order valence-electron chi connectivity index (χ0n) is 13.6. The normalized spacial score (nSPS) is 11.3. The van der Waals surface area contributed by atoms with Crippen molar-refractivity contribution < 1.29 is 8.85 Å². The van der Waals surface area contributed by atoms with Crippen LogP contribution in [0.2, 0.25) is 6.04 Å². The minimum absolute atomic E-state index is 0.415. The molecule has 0 saturated heterocycles. The van der Waals surface area contributed by atoms with Crippen molar-refractivity contribution in [3.05, 3.63) is 71.8 Å². The smallest absolute Gasteiger partial charge is 0.321 e. The lowest BCUT2D eigenvalue weighted by Crippen LogP contribution is -2.23. The van der Waals surface area contributed by atoms with E-state index in [2.05, 4.69) is 60.7 Å². The van der Waals surface area contributed by atoms with E-state index in [-0.39, 0.29) is 0 Å². The second-order valence-corrected chi connectivity index (χ2v) is 7.39. The van der Waals surface area contributed by atoms with Gasteiger partial charge in [-0.2, -0.15) is 0 Å². The third-order valence-corrected chi connectivity index (χ3v) is 6.02. The van der Waals surface area contributed by atoms with E-state index in [9.17, 15) is 0 Å². The SMILES string of the molecule is CCO[SiH](CCC(c1ccccc1)c1ccccc1)OCC. The third-order valence-electron chi connectivity index (χ3n) is 3.80. The van der Waals surface area contributed by atoms with E-state index >= 15 is 0 Å². The second-order valence-electron chi connectivity index (χ2n) is 5.29. The molecule has 0 bridgehead atoms. The van der Waals surface area contributed by atoms with Crippen LogP contribution in [0.4, 0.5) is 0 Å². The summed E-state index contributed by atoms with van der Waals surface area (Å²) < 4.78 is 11.6. The zero-order valence-corrected chi connectivity index (χ0v) is 14.7. The van der Waals surface area contributed by atoms with Crippen molar-refractivity contribution >= 4 is 9.28 Å². The van der Waals surface area contributed by atoms with E-state index in [0.717, 1.165) is 25.7 Å². The van der Waals surface area contributed by atoms with Crippen LogP contribution in [0.15, 0.2) is 60.7 Å². The lowest BCUT2D eigenvalue weighted by Gasteiger charge is -2.21. The van der Waals surface area contributed by atoms with Gasteiger partial charge >= 0.3 is 9.28 Å². The van der Waals surface area contributed by atoms with Crippen LogP contribution >= 0.6 is 0 Å².